The monoisotopic (exact) mass is 358 g/mol. The number of hydrogen-bond acceptors (Lipinski definition) is 4. The predicted molar refractivity (Wildman–Crippen MR) is 109 cm³/mol. The van der Waals surface area contributed by atoms with Gasteiger partial charge in [0.1, 0.15) is 19.6 Å². The maximum Gasteiger partial charge on any atom is 0.138 e. The molecule has 4 nitrogen and oxygen atoms in total. The van der Waals surface area contributed by atoms with Crippen LogP contribution < -0.4 is 21.8 Å². The van der Waals surface area contributed by atoms with Gasteiger partial charge in [-0.1, -0.05) is 62.0 Å². The molecule has 0 heterocycles. The Morgan fingerprint density at radius 2 is 1.16 bits per heavy atom. The predicted octanol–water partition coefficient (Wildman–Crippen LogP) is 3.43. The summed E-state index contributed by atoms with van der Waals surface area (Å²) in [4.78, 5) is 0. The Kier molecular flexibility index (Phi) is 6.37. The molecule has 0 aromatic heterocycles. The van der Waals surface area contributed by atoms with E-state index in [1.807, 2.05) is 24.3 Å². The number of anilines is 2. The van der Waals surface area contributed by atoms with Crippen molar-refractivity contribution >= 4 is 29.8 Å². The van der Waals surface area contributed by atoms with Gasteiger partial charge in [-0.05, 0) is 36.4 Å². The molecule has 0 aliphatic heterocycles. The first-order valence-corrected chi connectivity index (χ1v) is 11.5. The SMILES string of the molecule is CCCC[Si](CCCC)(c1ccc(O)c(N)c1)c1ccc(O)c(N)c1. The number of nitrogens with two attached hydrogens (primary N) is 2. The molecular weight excluding hydrogens is 328 g/mol. The average Bonchev–Trinajstić information content (AvgIpc) is 2.60. The molecule has 0 saturated carbocycles. The van der Waals surface area contributed by atoms with E-state index in [9.17, 15) is 10.2 Å². The van der Waals surface area contributed by atoms with Gasteiger partial charge in [0.25, 0.3) is 0 Å². The Hall–Kier alpha value is -2.14. The number of rotatable bonds is 8. The third-order valence-corrected chi connectivity index (χ3v) is 10.3. The molecule has 0 bridgehead atoms. The van der Waals surface area contributed by atoms with Gasteiger partial charge in [-0.15, -0.1) is 0 Å². The summed E-state index contributed by atoms with van der Waals surface area (Å²) in [7, 11) is -2.08. The van der Waals surface area contributed by atoms with Gasteiger partial charge in [-0.3, -0.25) is 0 Å². The highest BCUT2D eigenvalue weighted by Gasteiger charge is 2.36. The molecule has 2 aromatic carbocycles. The number of benzene rings is 2. The van der Waals surface area contributed by atoms with E-state index in [4.69, 9.17) is 11.5 Å². The summed E-state index contributed by atoms with van der Waals surface area (Å²) >= 11 is 0. The Morgan fingerprint density at radius 1 is 0.760 bits per heavy atom. The van der Waals surface area contributed by atoms with E-state index in [-0.39, 0.29) is 11.5 Å². The lowest BCUT2D eigenvalue weighted by Crippen LogP contribution is -2.58. The summed E-state index contributed by atoms with van der Waals surface area (Å²) in [6.07, 6.45) is 4.53. The first kappa shape index (κ1) is 19.2. The van der Waals surface area contributed by atoms with E-state index < -0.39 is 8.07 Å². The van der Waals surface area contributed by atoms with Gasteiger partial charge in [0.05, 0.1) is 11.4 Å². The third kappa shape index (κ3) is 4.10. The van der Waals surface area contributed by atoms with E-state index in [0.29, 0.717) is 11.4 Å². The normalized spacial score (nSPS) is 11.6. The largest absolute Gasteiger partial charge is 0.506 e. The molecule has 0 radical (unpaired) electrons. The molecule has 0 amide bonds. The van der Waals surface area contributed by atoms with E-state index in [0.717, 1.165) is 37.8 Å². The number of hydrogen-bond donors (Lipinski definition) is 4. The Labute approximate surface area is 151 Å². The third-order valence-electron chi connectivity index (χ3n) is 5.07. The van der Waals surface area contributed by atoms with Crippen LogP contribution in [0.1, 0.15) is 39.5 Å². The van der Waals surface area contributed by atoms with E-state index in [1.54, 1.807) is 12.1 Å². The van der Waals surface area contributed by atoms with Crippen LogP contribution in [0.5, 0.6) is 11.5 Å². The van der Waals surface area contributed by atoms with Crippen molar-refractivity contribution in [1.29, 1.82) is 0 Å². The maximum atomic E-state index is 9.85. The number of phenols is 2. The fourth-order valence-electron chi connectivity index (χ4n) is 3.53. The number of unbranched alkanes of at least 4 members (excludes halogenated alkanes) is 2. The maximum absolute atomic E-state index is 9.85. The van der Waals surface area contributed by atoms with Crippen molar-refractivity contribution in [1.82, 2.24) is 0 Å². The van der Waals surface area contributed by atoms with Crippen LogP contribution in [0.2, 0.25) is 12.1 Å². The Bertz CT molecular complexity index is 657. The van der Waals surface area contributed by atoms with Crippen molar-refractivity contribution in [2.45, 2.75) is 51.6 Å². The zero-order valence-electron chi connectivity index (χ0n) is 15.3. The van der Waals surface area contributed by atoms with E-state index in [1.165, 1.54) is 10.4 Å². The van der Waals surface area contributed by atoms with Crippen molar-refractivity contribution in [3.05, 3.63) is 36.4 Å². The smallest absolute Gasteiger partial charge is 0.138 e. The quantitative estimate of drug-likeness (QED) is 0.330. The van der Waals surface area contributed by atoms with Crippen LogP contribution in [0.15, 0.2) is 36.4 Å². The fraction of sp³-hybridized carbons (Fsp3) is 0.400. The zero-order valence-corrected chi connectivity index (χ0v) is 16.3. The van der Waals surface area contributed by atoms with Gasteiger partial charge in [0.2, 0.25) is 0 Å². The first-order valence-electron chi connectivity index (χ1n) is 9.12. The van der Waals surface area contributed by atoms with Crippen LogP contribution in [-0.2, 0) is 0 Å². The van der Waals surface area contributed by atoms with Crippen LogP contribution in [0, 0.1) is 0 Å². The summed E-state index contributed by atoms with van der Waals surface area (Å²) in [6, 6.07) is 13.5. The summed E-state index contributed by atoms with van der Waals surface area (Å²) in [5.74, 6) is 0.255. The average molecular weight is 359 g/mol. The van der Waals surface area contributed by atoms with E-state index in [2.05, 4.69) is 13.8 Å². The van der Waals surface area contributed by atoms with Gasteiger partial charge in [0, 0.05) is 0 Å². The summed E-state index contributed by atoms with van der Waals surface area (Å²) in [5.41, 5.74) is 12.9. The summed E-state index contributed by atoms with van der Waals surface area (Å²) in [5, 5.41) is 22.2. The lowest BCUT2D eigenvalue weighted by Gasteiger charge is -2.34. The second kappa shape index (κ2) is 8.29. The Balaban J connectivity index is 2.64. The van der Waals surface area contributed by atoms with Crippen LogP contribution in [0.4, 0.5) is 11.4 Å². The van der Waals surface area contributed by atoms with Gasteiger partial charge < -0.3 is 21.7 Å². The van der Waals surface area contributed by atoms with Gasteiger partial charge in [-0.25, -0.2) is 0 Å². The minimum Gasteiger partial charge on any atom is -0.506 e. The minimum atomic E-state index is -2.08. The second-order valence-corrected chi connectivity index (χ2v) is 11.2. The second-order valence-electron chi connectivity index (χ2n) is 6.84. The highest BCUT2D eigenvalue weighted by Crippen LogP contribution is 2.28. The molecule has 0 aliphatic carbocycles. The first-order chi connectivity index (χ1) is 11.9. The number of nitrogen functional groups attached to an aromatic ring is 2. The van der Waals surface area contributed by atoms with Crippen LogP contribution in [0.25, 0.3) is 0 Å². The molecule has 0 spiro atoms. The molecule has 6 N–H and O–H groups in total. The van der Waals surface area contributed by atoms with Crippen molar-refractivity contribution in [3.63, 3.8) is 0 Å². The van der Waals surface area contributed by atoms with Gasteiger partial charge in [0.15, 0.2) is 0 Å². The summed E-state index contributed by atoms with van der Waals surface area (Å²) in [6.45, 7) is 4.41. The molecule has 0 unspecified atom stereocenters. The minimum absolute atomic E-state index is 0.128. The molecule has 0 fully saturated rings. The molecule has 0 aliphatic rings. The van der Waals surface area contributed by atoms with Crippen LogP contribution >= 0.6 is 0 Å². The van der Waals surface area contributed by atoms with Gasteiger partial charge in [-0.2, -0.15) is 0 Å². The zero-order chi connectivity index (χ0) is 18.4. The molecule has 2 aromatic rings. The van der Waals surface area contributed by atoms with Crippen LogP contribution in [0.3, 0.4) is 0 Å². The number of phenolic OH excluding ortho intramolecular Hbond substituents is 2. The topological polar surface area (TPSA) is 92.5 Å². The van der Waals surface area contributed by atoms with Crippen molar-refractivity contribution in [3.8, 4) is 11.5 Å². The summed E-state index contributed by atoms with van der Waals surface area (Å²) < 4.78 is 0. The lowest BCUT2D eigenvalue weighted by atomic mass is 10.3. The fourth-order valence-corrected chi connectivity index (χ4v) is 8.85. The van der Waals surface area contributed by atoms with Crippen molar-refractivity contribution in [2.75, 3.05) is 11.5 Å². The molecule has 2 rings (SSSR count). The highest BCUT2D eigenvalue weighted by molar-refractivity contribution is 7.02. The molecule has 0 saturated heterocycles. The molecule has 5 heteroatoms. The molecule has 25 heavy (non-hydrogen) atoms. The van der Waals surface area contributed by atoms with Gasteiger partial charge >= 0.3 is 0 Å². The lowest BCUT2D eigenvalue weighted by molar-refractivity contribution is 0.477. The van der Waals surface area contributed by atoms with Crippen LogP contribution in [-0.4, -0.2) is 18.3 Å². The van der Waals surface area contributed by atoms with Crippen molar-refractivity contribution in [2.24, 2.45) is 0 Å². The molecule has 0 atom stereocenters. The van der Waals surface area contributed by atoms with E-state index >= 15 is 0 Å². The molecule has 136 valence electrons. The Morgan fingerprint density at radius 3 is 1.48 bits per heavy atom. The molecular formula is C20H30N2O2Si. The van der Waals surface area contributed by atoms with Crippen molar-refractivity contribution < 1.29 is 10.2 Å². The standard InChI is InChI=1S/C20H30N2O2Si/c1-3-5-11-25(12-6-4-2,15-7-9-19(23)17(21)13-15)16-8-10-20(24)18(22)14-16/h7-10,13-14,23-24H,3-6,11-12,21-22H2,1-2H3. The highest BCUT2D eigenvalue weighted by atomic mass is 28.3. The number of aromatic hydroxyl groups is 2.